The van der Waals surface area contributed by atoms with E-state index in [0.29, 0.717) is 0 Å². The van der Waals surface area contributed by atoms with Crippen molar-refractivity contribution in [3.8, 4) is 0 Å². The minimum absolute atomic E-state index is 0.769. The number of hydrogen-bond donors (Lipinski definition) is 2. The van der Waals surface area contributed by atoms with Crippen molar-refractivity contribution in [2.45, 2.75) is 18.9 Å². The van der Waals surface area contributed by atoms with E-state index in [9.17, 15) is 0 Å². The predicted molar refractivity (Wildman–Crippen MR) is 59.2 cm³/mol. The fraction of sp³-hybridized carbons (Fsp3) is 0.556. The first-order chi connectivity index (χ1) is 6.86. The van der Waals surface area contributed by atoms with Crippen LogP contribution in [0.25, 0.3) is 0 Å². The molecule has 0 aromatic carbocycles. The zero-order valence-corrected chi connectivity index (χ0v) is 9.42. The molecule has 0 unspecified atom stereocenters. The number of nitrogens with one attached hydrogen (secondary N) is 2. The molecule has 1 aliphatic rings. The third-order valence-electron chi connectivity index (χ3n) is 2.10. The van der Waals surface area contributed by atoms with Crippen LogP contribution in [0.1, 0.15) is 12.8 Å². The van der Waals surface area contributed by atoms with Gasteiger partial charge in [-0.1, -0.05) is 0 Å². The van der Waals surface area contributed by atoms with E-state index in [2.05, 4.69) is 36.5 Å². The van der Waals surface area contributed by atoms with Gasteiger partial charge in [-0.3, -0.25) is 0 Å². The van der Waals surface area contributed by atoms with E-state index in [4.69, 9.17) is 0 Å². The van der Waals surface area contributed by atoms with Gasteiger partial charge in [-0.15, -0.1) is 0 Å². The van der Waals surface area contributed by atoms with E-state index in [1.807, 2.05) is 0 Å². The number of rotatable bonds is 5. The molecule has 14 heavy (non-hydrogen) atoms. The maximum absolute atomic E-state index is 4.11. The van der Waals surface area contributed by atoms with Crippen molar-refractivity contribution >= 4 is 21.7 Å². The highest BCUT2D eigenvalue weighted by Gasteiger charge is 2.19. The molecule has 4 nitrogen and oxygen atoms in total. The predicted octanol–water partition coefficient (Wildman–Crippen LogP) is 1.40. The smallest absolute Gasteiger partial charge is 0.143 e. The summed E-state index contributed by atoms with van der Waals surface area (Å²) in [5.74, 6) is 0.859. The van der Waals surface area contributed by atoms with Gasteiger partial charge in [0.1, 0.15) is 12.1 Å². The summed E-state index contributed by atoms with van der Waals surface area (Å²) in [6.07, 6.45) is 5.94. The Morgan fingerprint density at radius 2 is 2.29 bits per heavy atom. The SMILES string of the molecule is Brc1cncnc1NCCNC1CC1. The Labute approximate surface area is 91.7 Å². The number of aromatic nitrogens is 2. The number of hydrogen-bond acceptors (Lipinski definition) is 4. The molecule has 0 bridgehead atoms. The summed E-state index contributed by atoms with van der Waals surface area (Å²) in [6.45, 7) is 1.88. The van der Waals surface area contributed by atoms with Crippen LogP contribution >= 0.6 is 15.9 Å². The van der Waals surface area contributed by atoms with E-state index in [1.54, 1.807) is 12.5 Å². The Bertz CT molecular complexity index is 301. The number of anilines is 1. The molecule has 0 spiro atoms. The maximum Gasteiger partial charge on any atom is 0.143 e. The van der Waals surface area contributed by atoms with Crippen LogP contribution in [-0.4, -0.2) is 29.1 Å². The van der Waals surface area contributed by atoms with Crippen LogP contribution in [0.5, 0.6) is 0 Å². The van der Waals surface area contributed by atoms with Crippen LogP contribution in [0, 0.1) is 0 Å². The van der Waals surface area contributed by atoms with E-state index >= 15 is 0 Å². The molecule has 1 saturated carbocycles. The van der Waals surface area contributed by atoms with Crippen LogP contribution in [0.3, 0.4) is 0 Å². The zero-order chi connectivity index (χ0) is 9.80. The van der Waals surface area contributed by atoms with Gasteiger partial charge in [0.05, 0.1) is 4.47 Å². The maximum atomic E-state index is 4.11. The fourth-order valence-electron chi connectivity index (χ4n) is 1.19. The average Bonchev–Trinajstić information content (AvgIpc) is 2.99. The topological polar surface area (TPSA) is 49.8 Å². The molecule has 0 atom stereocenters. The Hall–Kier alpha value is -0.680. The van der Waals surface area contributed by atoms with Crippen molar-refractivity contribution < 1.29 is 0 Å². The van der Waals surface area contributed by atoms with Crippen LogP contribution in [0.4, 0.5) is 5.82 Å². The van der Waals surface area contributed by atoms with Crippen molar-refractivity contribution in [2.75, 3.05) is 18.4 Å². The highest BCUT2D eigenvalue weighted by molar-refractivity contribution is 9.10. The lowest BCUT2D eigenvalue weighted by Crippen LogP contribution is -2.24. The summed E-state index contributed by atoms with van der Waals surface area (Å²) in [5, 5.41) is 6.66. The van der Waals surface area contributed by atoms with E-state index in [0.717, 1.165) is 29.4 Å². The summed E-state index contributed by atoms with van der Waals surface area (Å²) in [7, 11) is 0. The molecule has 0 saturated heterocycles. The lowest BCUT2D eigenvalue weighted by atomic mass is 10.5. The molecule has 1 heterocycles. The molecule has 5 heteroatoms. The average molecular weight is 257 g/mol. The summed E-state index contributed by atoms with van der Waals surface area (Å²) >= 11 is 3.38. The number of nitrogens with zero attached hydrogens (tertiary/aromatic N) is 2. The molecule has 1 fully saturated rings. The molecule has 1 aromatic heterocycles. The zero-order valence-electron chi connectivity index (χ0n) is 7.83. The summed E-state index contributed by atoms with van der Waals surface area (Å²) in [5.41, 5.74) is 0. The Morgan fingerprint density at radius 3 is 3.00 bits per heavy atom. The van der Waals surface area contributed by atoms with Crippen molar-refractivity contribution in [2.24, 2.45) is 0 Å². The second-order valence-corrected chi connectivity index (χ2v) is 4.23. The standard InChI is InChI=1S/C9H13BrN4/c10-8-5-11-6-14-9(8)13-4-3-12-7-1-2-7/h5-7,12H,1-4H2,(H,11,13,14). The third-order valence-corrected chi connectivity index (χ3v) is 2.68. The third kappa shape index (κ3) is 2.92. The molecular formula is C9H13BrN4. The lowest BCUT2D eigenvalue weighted by molar-refractivity contribution is 0.700. The highest BCUT2D eigenvalue weighted by Crippen LogP contribution is 2.18. The van der Waals surface area contributed by atoms with Crippen LogP contribution in [0.15, 0.2) is 17.0 Å². The fourth-order valence-corrected chi connectivity index (χ4v) is 1.55. The molecule has 1 aliphatic carbocycles. The Morgan fingerprint density at radius 1 is 1.43 bits per heavy atom. The molecule has 2 rings (SSSR count). The quantitative estimate of drug-likeness (QED) is 0.783. The summed E-state index contributed by atoms with van der Waals surface area (Å²) in [4.78, 5) is 8.01. The van der Waals surface area contributed by atoms with E-state index in [1.165, 1.54) is 12.8 Å². The molecule has 76 valence electrons. The molecule has 0 aliphatic heterocycles. The van der Waals surface area contributed by atoms with Crippen LogP contribution in [-0.2, 0) is 0 Å². The minimum Gasteiger partial charge on any atom is -0.368 e. The Kier molecular flexibility index (Phi) is 3.31. The lowest BCUT2D eigenvalue weighted by Gasteiger charge is -2.06. The van der Waals surface area contributed by atoms with Gasteiger partial charge in [0.15, 0.2) is 0 Å². The monoisotopic (exact) mass is 256 g/mol. The van der Waals surface area contributed by atoms with Crippen LogP contribution in [0.2, 0.25) is 0 Å². The van der Waals surface area contributed by atoms with Crippen molar-refractivity contribution in [3.63, 3.8) is 0 Å². The van der Waals surface area contributed by atoms with Gasteiger partial charge in [0.2, 0.25) is 0 Å². The van der Waals surface area contributed by atoms with Gasteiger partial charge in [-0.25, -0.2) is 9.97 Å². The largest absolute Gasteiger partial charge is 0.368 e. The molecule has 0 amide bonds. The minimum atomic E-state index is 0.769. The Balaban J connectivity index is 1.71. The second-order valence-electron chi connectivity index (χ2n) is 3.37. The normalized spacial score (nSPS) is 15.5. The van der Waals surface area contributed by atoms with Gasteiger partial charge in [0.25, 0.3) is 0 Å². The van der Waals surface area contributed by atoms with Crippen molar-refractivity contribution in [3.05, 3.63) is 17.0 Å². The van der Waals surface area contributed by atoms with Gasteiger partial charge < -0.3 is 10.6 Å². The molecule has 2 N–H and O–H groups in total. The molecule has 0 radical (unpaired) electrons. The summed E-state index contributed by atoms with van der Waals surface area (Å²) in [6, 6.07) is 0.769. The van der Waals surface area contributed by atoms with Gasteiger partial charge in [-0.05, 0) is 28.8 Å². The van der Waals surface area contributed by atoms with Crippen molar-refractivity contribution in [1.29, 1.82) is 0 Å². The highest BCUT2D eigenvalue weighted by atomic mass is 79.9. The number of halogens is 1. The molecular weight excluding hydrogens is 244 g/mol. The first-order valence-electron chi connectivity index (χ1n) is 4.79. The van der Waals surface area contributed by atoms with Crippen molar-refractivity contribution in [1.82, 2.24) is 15.3 Å². The first kappa shape index (κ1) is 9.86. The second kappa shape index (κ2) is 4.70. The van der Waals surface area contributed by atoms with Gasteiger partial charge in [0, 0.05) is 25.3 Å². The van der Waals surface area contributed by atoms with Gasteiger partial charge in [-0.2, -0.15) is 0 Å². The van der Waals surface area contributed by atoms with Crippen LogP contribution < -0.4 is 10.6 Å². The van der Waals surface area contributed by atoms with E-state index in [-0.39, 0.29) is 0 Å². The first-order valence-corrected chi connectivity index (χ1v) is 5.58. The summed E-state index contributed by atoms with van der Waals surface area (Å²) < 4.78 is 0.909. The van der Waals surface area contributed by atoms with E-state index < -0.39 is 0 Å². The molecule has 1 aromatic rings. The van der Waals surface area contributed by atoms with Gasteiger partial charge >= 0.3 is 0 Å².